The van der Waals surface area contributed by atoms with E-state index in [1.165, 1.54) is 5.56 Å². The van der Waals surface area contributed by atoms with Gasteiger partial charge in [0.05, 0.1) is 0 Å². The second-order valence-electron chi connectivity index (χ2n) is 6.01. The lowest BCUT2D eigenvalue weighted by Gasteiger charge is -2.13. The fourth-order valence-corrected chi connectivity index (χ4v) is 3.22. The fraction of sp³-hybridized carbons (Fsp3) is 0.136. The van der Waals surface area contributed by atoms with Crippen molar-refractivity contribution in [2.24, 2.45) is 0 Å². The van der Waals surface area contributed by atoms with Gasteiger partial charge in [0.25, 0.3) is 9.12 Å². The van der Waals surface area contributed by atoms with Crippen LogP contribution in [0.2, 0.25) is 0 Å². The lowest BCUT2D eigenvalue weighted by Crippen LogP contribution is -2.08. The minimum Gasteiger partial charge on any atom is -0.289 e. The van der Waals surface area contributed by atoms with E-state index < -0.39 is 0 Å². The van der Waals surface area contributed by atoms with Crippen molar-refractivity contribution in [2.75, 3.05) is 0 Å². The topological polar surface area (TPSA) is 34.1 Å². The molecule has 0 bridgehead atoms. The maximum absolute atomic E-state index is 13.2. The highest BCUT2D eigenvalue weighted by Gasteiger charge is 2.18. The van der Waals surface area contributed by atoms with Crippen LogP contribution in [-0.2, 0) is 4.57 Å². The van der Waals surface area contributed by atoms with Gasteiger partial charge in [0, 0.05) is 11.1 Å². The number of rotatable bonds is 3. The molecule has 0 amide bonds. The van der Waals surface area contributed by atoms with E-state index in [1.54, 1.807) is 0 Å². The Morgan fingerprint density at radius 3 is 1.88 bits per heavy atom. The Labute approximate surface area is 151 Å². The second-order valence-corrected chi connectivity index (χ2v) is 6.01. The number of ketones is 1. The van der Waals surface area contributed by atoms with Crippen LogP contribution in [-0.4, -0.2) is 5.78 Å². The van der Waals surface area contributed by atoms with Crippen LogP contribution in [0.15, 0.2) is 66.7 Å². The van der Waals surface area contributed by atoms with Gasteiger partial charge >= 0.3 is 0 Å². The van der Waals surface area contributed by atoms with E-state index in [4.69, 9.17) is 4.57 Å². The smallest absolute Gasteiger partial charge is 0.261 e. The van der Waals surface area contributed by atoms with E-state index in [0.717, 1.165) is 33.4 Å². The molecule has 3 aromatic rings. The molecule has 0 aromatic heterocycles. The predicted molar refractivity (Wildman–Crippen MR) is 104 cm³/mol. The first kappa shape index (κ1) is 18.8. The Kier molecular flexibility index (Phi) is 6.38. The van der Waals surface area contributed by atoms with E-state index in [-0.39, 0.29) is 5.78 Å². The van der Waals surface area contributed by atoms with Gasteiger partial charge in [-0.3, -0.25) is 9.36 Å². The van der Waals surface area contributed by atoms with Crippen LogP contribution >= 0.6 is 9.12 Å². The first-order chi connectivity index (χ1) is 12.1. The second kappa shape index (κ2) is 8.50. The molecule has 0 unspecified atom stereocenters. The summed E-state index contributed by atoms with van der Waals surface area (Å²) in [5.41, 5.74) is 6.89. The molecule has 1 radical (unpaired) electrons. The molecule has 0 spiro atoms. The molecule has 0 atom stereocenters. The minimum atomic E-state index is 0.0967. The molecule has 125 valence electrons. The van der Waals surface area contributed by atoms with Gasteiger partial charge in [-0.05, 0) is 43.0 Å². The first-order valence-corrected chi connectivity index (χ1v) is 8.39. The zero-order chi connectivity index (χ0) is 18.4. The molecule has 0 saturated heterocycles. The van der Waals surface area contributed by atoms with Crippen molar-refractivity contribution in [1.82, 2.24) is 0 Å². The van der Waals surface area contributed by atoms with Crippen LogP contribution in [0.4, 0.5) is 0 Å². The number of carbonyl (C=O) groups is 1. The summed E-state index contributed by atoms with van der Waals surface area (Å²) in [5, 5.41) is 0. The standard InChI is InChI=1S/C22H20O.OP/c1-15-13-16(2)21(17(3)14-15)22(23)20-12-8-7-11-19(20)18-9-5-4-6-10-18;1-2/h4-14H,1-3H3;. The number of aryl methyl sites for hydroxylation is 3. The third-order valence-electron chi connectivity index (χ3n) is 4.16. The molecule has 0 aliphatic rings. The van der Waals surface area contributed by atoms with Crippen LogP contribution in [0.3, 0.4) is 0 Å². The van der Waals surface area contributed by atoms with Crippen molar-refractivity contribution >= 4 is 14.9 Å². The van der Waals surface area contributed by atoms with E-state index in [2.05, 4.69) is 28.2 Å². The summed E-state index contributed by atoms with van der Waals surface area (Å²) in [7, 11) is 2.28. The summed E-state index contributed by atoms with van der Waals surface area (Å²) in [6, 6.07) is 22.1. The summed E-state index contributed by atoms with van der Waals surface area (Å²) in [6.45, 7) is 6.09. The van der Waals surface area contributed by atoms with Gasteiger partial charge in [-0.15, -0.1) is 0 Å². The predicted octanol–water partition coefficient (Wildman–Crippen LogP) is 6.25. The first-order valence-electron chi connectivity index (χ1n) is 8.03. The molecule has 3 rings (SSSR count). The van der Waals surface area contributed by atoms with Crippen molar-refractivity contribution in [3.8, 4) is 11.1 Å². The normalized spacial score (nSPS) is 9.88. The quantitative estimate of drug-likeness (QED) is 0.414. The molecular formula is C22H20O2P. The molecule has 0 aliphatic heterocycles. The average molecular weight is 347 g/mol. The molecule has 0 N–H and O–H groups in total. The van der Waals surface area contributed by atoms with Crippen molar-refractivity contribution in [3.63, 3.8) is 0 Å². The van der Waals surface area contributed by atoms with Crippen molar-refractivity contribution in [3.05, 3.63) is 94.5 Å². The lowest BCUT2D eigenvalue weighted by molar-refractivity contribution is 0.103. The summed E-state index contributed by atoms with van der Waals surface area (Å²) < 4.78 is 7.94. The van der Waals surface area contributed by atoms with E-state index in [9.17, 15) is 4.79 Å². The van der Waals surface area contributed by atoms with Gasteiger partial charge < -0.3 is 0 Å². The highest BCUT2D eigenvalue weighted by atomic mass is 31.0. The zero-order valence-corrected chi connectivity index (χ0v) is 15.5. The fourth-order valence-electron chi connectivity index (χ4n) is 3.22. The Morgan fingerprint density at radius 2 is 1.28 bits per heavy atom. The molecular weight excluding hydrogens is 327 g/mol. The van der Waals surface area contributed by atoms with Crippen LogP contribution in [0.25, 0.3) is 11.1 Å². The third kappa shape index (κ3) is 4.10. The maximum atomic E-state index is 13.2. The molecule has 0 saturated carbocycles. The van der Waals surface area contributed by atoms with Crippen LogP contribution in [0, 0.1) is 20.8 Å². The Hall–Kier alpha value is -2.57. The summed E-state index contributed by atoms with van der Waals surface area (Å²) in [5.74, 6) is 0.0967. The van der Waals surface area contributed by atoms with E-state index >= 15 is 0 Å². The van der Waals surface area contributed by atoms with Gasteiger partial charge in [0.1, 0.15) is 0 Å². The minimum absolute atomic E-state index is 0.0967. The Bertz CT molecular complexity index is 863. The number of hydrogen-bond acceptors (Lipinski definition) is 2. The Balaban J connectivity index is 0.00000109. The van der Waals surface area contributed by atoms with Crippen LogP contribution < -0.4 is 0 Å². The van der Waals surface area contributed by atoms with Crippen LogP contribution in [0.5, 0.6) is 0 Å². The van der Waals surface area contributed by atoms with Gasteiger partial charge in [0.15, 0.2) is 5.78 Å². The highest BCUT2D eigenvalue weighted by molar-refractivity contribution is 7.00. The average Bonchev–Trinajstić information content (AvgIpc) is 2.63. The number of benzene rings is 3. The number of hydrogen-bond donors (Lipinski definition) is 0. The lowest BCUT2D eigenvalue weighted by atomic mass is 9.89. The van der Waals surface area contributed by atoms with Crippen molar-refractivity contribution in [1.29, 1.82) is 0 Å². The van der Waals surface area contributed by atoms with Crippen LogP contribution in [0.1, 0.15) is 32.6 Å². The molecule has 3 heteroatoms. The monoisotopic (exact) mass is 347 g/mol. The van der Waals surface area contributed by atoms with Crippen molar-refractivity contribution < 1.29 is 9.36 Å². The van der Waals surface area contributed by atoms with E-state index in [0.29, 0.717) is 0 Å². The highest BCUT2D eigenvalue weighted by Crippen LogP contribution is 2.28. The number of carbonyl (C=O) groups excluding carboxylic acids is 1. The summed E-state index contributed by atoms with van der Waals surface area (Å²) >= 11 is 0. The molecule has 2 nitrogen and oxygen atoms in total. The molecule has 0 aliphatic carbocycles. The van der Waals surface area contributed by atoms with Gasteiger partial charge in [-0.2, -0.15) is 0 Å². The largest absolute Gasteiger partial charge is 0.289 e. The summed E-state index contributed by atoms with van der Waals surface area (Å²) in [4.78, 5) is 13.2. The summed E-state index contributed by atoms with van der Waals surface area (Å²) in [6.07, 6.45) is 0. The van der Waals surface area contributed by atoms with Gasteiger partial charge in [0.2, 0.25) is 0 Å². The molecule has 0 fully saturated rings. The SMILES string of the molecule is Cc1cc(C)c(C(=O)c2ccccc2-c2ccccc2)c(C)c1.O=[P]. The third-order valence-corrected chi connectivity index (χ3v) is 4.16. The van der Waals surface area contributed by atoms with Gasteiger partial charge in [-0.1, -0.05) is 72.3 Å². The zero-order valence-electron chi connectivity index (χ0n) is 14.6. The van der Waals surface area contributed by atoms with E-state index in [1.807, 2.05) is 68.4 Å². The molecule has 0 heterocycles. The molecule has 3 aromatic carbocycles. The Morgan fingerprint density at radius 1 is 0.760 bits per heavy atom. The maximum Gasteiger partial charge on any atom is 0.261 e. The van der Waals surface area contributed by atoms with Gasteiger partial charge in [-0.25, -0.2) is 0 Å². The van der Waals surface area contributed by atoms with Crippen molar-refractivity contribution in [2.45, 2.75) is 20.8 Å². The molecule has 25 heavy (non-hydrogen) atoms.